The highest BCUT2D eigenvalue weighted by molar-refractivity contribution is 5.79. The lowest BCUT2D eigenvalue weighted by Crippen LogP contribution is -2.37. The number of guanidine groups is 1. The van der Waals surface area contributed by atoms with Crippen LogP contribution in [0.5, 0.6) is 0 Å². The first-order chi connectivity index (χ1) is 14.0. The number of hydrogen-bond acceptors (Lipinski definition) is 3. The van der Waals surface area contributed by atoms with E-state index in [0.717, 1.165) is 17.8 Å². The predicted molar refractivity (Wildman–Crippen MR) is 104 cm³/mol. The third kappa shape index (κ3) is 5.56. The molecule has 152 valence electrons. The Hall–Kier alpha value is -3.36. The summed E-state index contributed by atoms with van der Waals surface area (Å²) in [7, 11) is 0. The van der Waals surface area contributed by atoms with Gasteiger partial charge in [0.2, 0.25) is 0 Å². The quantitative estimate of drug-likeness (QED) is 0.489. The molecule has 6 nitrogen and oxygen atoms in total. The highest BCUT2D eigenvalue weighted by Gasteiger charge is 2.29. The van der Waals surface area contributed by atoms with Crippen LogP contribution in [0.1, 0.15) is 23.9 Å². The van der Waals surface area contributed by atoms with Crippen LogP contribution in [-0.2, 0) is 19.3 Å². The van der Waals surface area contributed by atoms with Crippen LogP contribution < -0.4 is 10.6 Å². The van der Waals surface area contributed by atoms with Crippen molar-refractivity contribution in [2.45, 2.75) is 26.2 Å². The topological polar surface area (TPSA) is 67.1 Å². The summed E-state index contributed by atoms with van der Waals surface area (Å²) in [6, 6.07) is 14.7. The average molecular weight is 402 g/mol. The van der Waals surface area contributed by atoms with Gasteiger partial charge in [0.05, 0.1) is 18.7 Å². The SMILES string of the molecule is CCNC(=NCc1ccc(C(F)(F)F)cc1)NCc1nncn1-c1ccccc1. The van der Waals surface area contributed by atoms with E-state index < -0.39 is 11.7 Å². The monoisotopic (exact) mass is 402 g/mol. The summed E-state index contributed by atoms with van der Waals surface area (Å²) in [5.74, 6) is 1.24. The van der Waals surface area contributed by atoms with Gasteiger partial charge in [0.25, 0.3) is 0 Å². The van der Waals surface area contributed by atoms with Crippen molar-refractivity contribution in [1.82, 2.24) is 25.4 Å². The fraction of sp³-hybridized carbons (Fsp3) is 0.250. The first-order valence-electron chi connectivity index (χ1n) is 9.10. The number of aromatic nitrogens is 3. The number of para-hydroxylation sites is 1. The zero-order valence-electron chi connectivity index (χ0n) is 15.8. The number of halogens is 3. The highest BCUT2D eigenvalue weighted by Crippen LogP contribution is 2.29. The lowest BCUT2D eigenvalue weighted by atomic mass is 10.1. The third-order valence-electron chi connectivity index (χ3n) is 4.11. The van der Waals surface area contributed by atoms with Crippen molar-refractivity contribution in [2.24, 2.45) is 4.99 Å². The normalized spacial score (nSPS) is 12.1. The molecule has 0 aliphatic rings. The van der Waals surface area contributed by atoms with Crippen LogP contribution in [0.15, 0.2) is 65.9 Å². The summed E-state index contributed by atoms with van der Waals surface area (Å²) in [6.07, 6.45) is -2.70. The van der Waals surface area contributed by atoms with E-state index in [1.54, 1.807) is 6.33 Å². The second-order valence-corrected chi connectivity index (χ2v) is 6.20. The van der Waals surface area contributed by atoms with Gasteiger partial charge in [-0.15, -0.1) is 10.2 Å². The van der Waals surface area contributed by atoms with Crippen molar-refractivity contribution >= 4 is 5.96 Å². The van der Waals surface area contributed by atoms with Gasteiger partial charge >= 0.3 is 6.18 Å². The molecule has 0 radical (unpaired) electrons. The molecule has 0 saturated heterocycles. The van der Waals surface area contributed by atoms with E-state index in [1.165, 1.54) is 12.1 Å². The molecule has 1 aromatic heterocycles. The van der Waals surface area contributed by atoms with E-state index in [4.69, 9.17) is 0 Å². The van der Waals surface area contributed by atoms with Gasteiger partial charge in [0, 0.05) is 12.2 Å². The van der Waals surface area contributed by atoms with Crippen molar-refractivity contribution in [3.8, 4) is 5.69 Å². The van der Waals surface area contributed by atoms with E-state index in [-0.39, 0.29) is 6.54 Å². The minimum Gasteiger partial charge on any atom is -0.357 e. The number of hydrogen-bond donors (Lipinski definition) is 2. The smallest absolute Gasteiger partial charge is 0.357 e. The van der Waals surface area contributed by atoms with Gasteiger partial charge in [-0.3, -0.25) is 4.57 Å². The third-order valence-corrected chi connectivity index (χ3v) is 4.11. The molecule has 3 aromatic rings. The van der Waals surface area contributed by atoms with E-state index in [2.05, 4.69) is 25.8 Å². The molecular weight excluding hydrogens is 381 g/mol. The summed E-state index contributed by atoms with van der Waals surface area (Å²) < 4.78 is 39.9. The molecule has 1 heterocycles. The summed E-state index contributed by atoms with van der Waals surface area (Å²) in [6.45, 7) is 3.21. The molecule has 3 rings (SSSR count). The summed E-state index contributed by atoms with van der Waals surface area (Å²) in [5, 5.41) is 14.4. The molecule has 0 amide bonds. The molecule has 0 spiro atoms. The van der Waals surface area contributed by atoms with Gasteiger partial charge in [0.1, 0.15) is 6.33 Å². The molecule has 0 bridgehead atoms. The van der Waals surface area contributed by atoms with Gasteiger partial charge in [0.15, 0.2) is 11.8 Å². The molecule has 0 unspecified atom stereocenters. The molecule has 0 aliphatic heterocycles. The second kappa shape index (κ2) is 9.22. The van der Waals surface area contributed by atoms with Gasteiger partial charge in [-0.1, -0.05) is 30.3 Å². The van der Waals surface area contributed by atoms with Crippen LogP contribution in [0.4, 0.5) is 13.2 Å². The Labute approximate surface area is 166 Å². The molecular formula is C20H21F3N6. The van der Waals surface area contributed by atoms with Crippen molar-refractivity contribution in [2.75, 3.05) is 6.54 Å². The maximum absolute atomic E-state index is 12.7. The molecule has 2 aromatic carbocycles. The van der Waals surface area contributed by atoms with Crippen LogP contribution in [0.2, 0.25) is 0 Å². The van der Waals surface area contributed by atoms with Gasteiger partial charge in [-0.2, -0.15) is 13.2 Å². The lowest BCUT2D eigenvalue weighted by Gasteiger charge is -2.12. The zero-order valence-corrected chi connectivity index (χ0v) is 15.8. The Balaban J connectivity index is 1.66. The van der Waals surface area contributed by atoms with Gasteiger partial charge in [-0.25, -0.2) is 4.99 Å². The standard InChI is InChI=1S/C20H21F3N6/c1-2-24-19(25-12-15-8-10-16(11-9-15)20(21,22)23)26-13-18-28-27-14-29(18)17-6-4-3-5-7-17/h3-11,14H,2,12-13H2,1H3,(H2,24,25,26). The van der Waals surface area contributed by atoms with E-state index in [9.17, 15) is 13.2 Å². The molecule has 9 heteroatoms. The van der Waals surface area contributed by atoms with E-state index in [1.807, 2.05) is 41.8 Å². The minimum atomic E-state index is -4.34. The van der Waals surface area contributed by atoms with E-state index in [0.29, 0.717) is 30.4 Å². The number of benzene rings is 2. The predicted octanol–water partition coefficient (Wildman–Crippen LogP) is 3.54. The number of rotatable bonds is 6. The van der Waals surface area contributed by atoms with Crippen LogP contribution >= 0.6 is 0 Å². The van der Waals surface area contributed by atoms with Crippen LogP contribution in [-0.4, -0.2) is 27.3 Å². The second-order valence-electron chi connectivity index (χ2n) is 6.20. The fourth-order valence-electron chi connectivity index (χ4n) is 2.66. The van der Waals surface area contributed by atoms with Gasteiger partial charge in [-0.05, 0) is 36.8 Å². The first-order valence-corrected chi connectivity index (χ1v) is 9.10. The first kappa shape index (κ1) is 20.4. The fourth-order valence-corrected chi connectivity index (χ4v) is 2.66. The maximum atomic E-state index is 12.7. The van der Waals surface area contributed by atoms with Gasteiger partial charge < -0.3 is 10.6 Å². The lowest BCUT2D eigenvalue weighted by molar-refractivity contribution is -0.137. The largest absolute Gasteiger partial charge is 0.416 e. The van der Waals surface area contributed by atoms with Crippen molar-refractivity contribution in [1.29, 1.82) is 0 Å². The van der Waals surface area contributed by atoms with Crippen molar-refractivity contribution in [3.05, 3.63) is 77.9 Å². The Morgan fingerprint density at radius 3 is 2.41 bits per heavy atom. The van der Waals surface area contributed by atoms with Crippen LogP contribution in [0, 0.1) is 0 Å². The number of aliphatic imine (C=N–C) groups is 1. The molecule has 0 aliphatic carbocycles. The summed E-state index contributed by atoms with van der Waals surface area (Å²) >= 11 is 0. The van der Waals surface area contributed by atoms with E-state index >= 15 is 0 Å². The maximum Gasteiger partial charge on any atom is 0.416 e. The minimum absolute atomic E-state index is 0.249. The number of nitrogens with zero attached hydrogens (tertiary/aromatic N) is 4. The molecule has 0 atom stereocenters. The Bertz CT molecular complexity index is 933. The van der Waals surface area contributed by atoms with Crippen LogP contribution in [0.25, 0.3) is 5.69 Å². The number of nitrogens with one attached hydrogen (secondary N) is 2. The highest BCUT2D eigenvalue weighted by atomic mass is 19.4. The molecule has 0 fully saturated rings. The summed E-state index contributed by atoms with van der Waals surface area (Å²) in [4.78, 5) is 4.43. The Morgan fingerprint density at radius 2 is 1.76 bits per heavy atom. The summed E-state index contributed by atoms with van der Waals surface area (Å²) in [5.41, 5.74) is 0.958. The molecule has 29 heavy (non-hydrogen) atoms. The Kier molecular flexibility index (Phi) is 6.48. The molecule has 0 saturated carbocycles. The zero-order chi connectivity index (χ0) is 20.7. The Morgan fingerprint density at radius 1 is 1.03 bits per heavy atom. The van der Waals surface area contributed by atoms with Crippen LogP contribution in [0.3, 0.4) is 0 Å². The van der Waals surface area contributed by atoms with Crippen molar-refractivity contribution in [3.63, 3.8) is 0 Å². The number of alkyl halides is 3. The average Bonchev–Trinajstić information content (AvgIpc) is 3.19. The van der Waals surface area contributed by atoms with Crippen molar-refractivity contribution < 1.29 is 13.2 Å². The molecule has 2 N–H and O–H groups in total.